The average molecular weight is 316 g/mol. The number of carbonyl (C=O) groups is 1. The molecule has 1 aromatic heterocycles. The Bertz CT molecular complexity index is 635. The number of rotatable bonds is 4. The SMILES string of the molecule is CC(Sc1nnnn1C)C(=O)Nc1ccc(Cl)cc1F. The zero-order valence-corrected chi connectivity index (χ0v) is 12.2. The van der Waals surface area contributed by atoms with E-state index in [1.165, 1.54) is 28.6 Å². The molecule has 0 saturated carbocycles. The van der Waals surface area contributed by atoms with Crippen LogP contribution in [-0.2, 0) is 11.8 Å². The van der Waals surface area contributed by atoms with E-state index in [4.69, 9.17) is 11.6 Å². The largest absolute Gasteiger partial charge is 0.323 e. The van der Waals surface area contributed by atoms with E-state index < -0.39 is 11.1 Å². The molecule has 0 radical (unpaired) electrons. The number of halogens is 2. The number of nitrogens with zero attached hydrogens (tertiary/aromatic N) is 4. The molecule has 0 aliphatic rings. The number of anilines is 1. The van der Waals surface area contributed by atoms with Crippen molar-refractivity contribution >= 4 is 35.0 Å². The van der Waals surface area contributed by atoms with Crippen molar-refractivity contribution in [2.24, 2.45) is 7.05 Å². The number of amides is 1. The Morgan fingerprint density at radius 3 is 2.90 bits per heavy atom. The molecule has 1 N–H and O–H groups in total. The Morgan fingerprint density at radius 1 is 1.55 bits per heavy atom. The minimum atomic E-state index is -0.580. The summed E-state index contributed by atoms with van der Waals surface area (Å²) in [5.74, 6) is -0.928. The fraction of sp³-hybridized carbons (Fsp3) is 0.273. The van der Waals surface area contributed by atoms with Crippen LogP contribution in [0, 0.1) is 5.82 Å². The molecule has 1 heterocycles. The lowest BCUT2D eigenvalue weighted by atomic mass is 10.3. The van der Waals surface area contributed by atoms with Crippen LogP contribution in [0.3, 0.4) is 0 Å². The van der Waals surface area contributed by atoms with E-state index in [0.717, 1.165) is 6.07 Å². The summed E-state index contributed by atoms with van der Waals surface area (Å²) in [7, 11) is 1.67. The lowest BCUT2D eigenvalue weighted by Crippen LogP contribution is -2.23. The molecule has 0 bridgehead atoms. The Morgan fingerprint density at radius 2 is 2.30 bits per heavy atom. The standard InChI is InChI=1S/C11H11ClFN5OS/c1-6(20-11-15-16-17-18(11)2)10(19)14-9-4-3-7(12)5-8(9)13/h3-6H,1-2H3,(H,14,19). The summed E-state index contributed by atoms with van der Waals surface area (Å²) >= 11 is 6.83. The van der Waals surface area contributed by atoms with E-state index in [-0.39, 0.29) is 16.6 Å². The van der Waals surface area contributed by atoms with Gasteiger partial charge in [0.25, 0.3) is 0 Å². The third-order valence-electron chi connectivity index (χ3n) is 2.42. The van der Waals surface area contributed by atoms with Crippen LogP contribution in [0.25, 0.3) is 0 Å². The van der Waals surface area contributed by atoms with E-state index in [9.17, 15) is 9.18 Å². The highest BCUT2D eigenvalue weighted by molar-refractivity contribution is 8.00. The Balaban J connectivity index is 2.02. The molecule has 0 aliphatic carbocycles. The van der Waals surface area contributed by atoms with Gasteiger partial charge in [-0.1, -0.05) is 23.4 Å². The van der Waals surface area contributed by atoms with Crippen LogP contribution in [0.2, 0.25) is 5.02 Å². The molecule has 6 nitrogen and oxygen atoms in total. The van der Waals surface area contributed by atoms with Crippen molar-refractivity contribution < 1.29 is 9.18 Å². The van der Waals surface area contributed by atoms with E-state index in [0.29, 0.717) is 5.16 Å². The van der Waals surface area contributed by atoms with Gasteiger partial charge in [-0.05, 0) is 35.5 Å². The highest BCUT2D eigenvalue weighted by Gasteiger charge is 2.18. The molecule has 106 valence electrons. The number of tetrazole rings is 1. The monoisotopic (exact) mass is 315 g/mol. The molecule has 0 spiro atoms. The van der Waals surface area contributed by atoms with E-state index >= 15 is 0 Å². The maximum Gasteiger partial charge on any atom is 0.237 e. The molecule has 2 rings (SSSR count). The van der Waals surface area contributed by atoms with Crippen molar-refractivity contribution in [1.29, 1.82) is 0 Å². The molecular weight excluding hydrogens is 305 g/mol. The predicted molar refractivity (Wildman–Crippen MR) is 74.2 cm³/mol. The molecule has 1 amide bonds. The van der Waals surface area contributed by atoms with Crippen molar-refractivity contribution in [3.8, 4) is 0 Å². The van der Waals surface area contributed by atoms with E-state index in [1.54, 1.807) is 14.0 Å². The molecule has 1 aromatic carbocycles. The van der Waals surface area contributed by atoms with Crippen LogP contribution in [0.4, 0.5) is 10.1 Å². The third-order valence-corrected chi connectivity index (χ3v) is 3.78. The van der Waals surface area contributed by atoms with Crippen LogP contribution in [0.15, 0.2) is 23.4 Å². The van der Waals surface area contributed by atoms with Gasteiger partial charge in [-0.3, -0.25) is 4.79 Å². The molecule has 1 unspecified atom stereocenters. The van der Waals surface area contributed by atoms with Gasteiger partial charge >= 0.3 is 0 Å². The first-order chi connectivity index (χ1) is 9.47. The van der Waals surface area contributed by atoms with Crippen LogP contribution >= 0.6 is 23.4 Å². The first-order valence-corrected chi connectivity index (χ1v) is 6.88. The topological polar surface area (TPSA) is 72.7 Å². The van der Waals surface area contributed by atoms with Gasteiger partial charge in [0.1, 0.15) is 5.82 Å². The minimum Gasteiger partial charge on any atom is -0.323 e. The number of carbonyl (C=O) groups excluding carboxylic acids is 1. The molecular formula is C11H11ClFN5OS. The van der Waals surface area contributed by atoms with Crippen molar-refractivity contribution in [1.82, 2.24) is 20.2 Å². The third kappa shape index (κ3) is 3.45. The molecule has 0 aliphatic heterocycles. The van der Waals surface area contributed by atoms with Gasteiger partial charge in [-0.15, -0.1) is 5.10 Å². The quantitative estimate of drug-likeness (QED) is 0.875. The summed E-state index contributed by atoms with van der Waals surface area (Å²) in [4.78, 5) is 12.0. The van der Waals surface area contributed by atoms with Gasteiger partial charge in [-0.2, -0.15) is 0 Å². The van der Waals surface area contributed by atoms with E-state index in [2.05, 4.69) is 20.8 Å². The zero-order valence-electron chi connectivity index (χ0n) is 10.7. The highest BCUT2D eigenvalue weighted by Crippen LogP contribution is 2.23. The van der Waals surface area contributed by atoms with Crippen LogP contribution in [0.5, 0.6) is 0 Å². The number of nitrogens with one attached hydrogen (secondary N) is 1. The Kier molecular flexibility index (Phi) is 4.56. The van der Waals surface area contributed by atoms with Gasteiger partial charge in [0, 0.05) is 12.1 Å². The number of aryl methyl sites for hydroxylation is 1. The molecule has 0 fully saturated rings. The summed E-state index contributed by atoms with van der Waals surface area (Å²) in [5.41, 5.74) is 0.0861. The fourth-order valence-electron chi connectivity index (χ4n) is 1.36. The molecule has 2 aromatic rings. The average Bonchev–Trinajstić information content (AvgIpc) is 2.78. The first-order valence-electron chi connectivity index (χ1n) is 5.62. The second-order valence-corrected chi connectivity index (χ2v) is 5.70. The van der Waals surface area contributed by atoms with Gasteiger partial charge in [-0.25, -0.2) is 9.07 Å². The number of hydrogen-bond acceptors (Lipinski definition) is 5. The lowest BCUT2D eigenvalue weighted by Gasteiger charge is -2.11. The van der Waals surface area contributed by atoms with Crippen LogP contribution in [0.1, 0.15) is 6.92 Å². The summed E-state index contributed by atoms with van der Waals surface area (Å²) in [6.45, 7) is 1.68. The van der Waals surface area contributed by atoms with Crippen molar-refractivity contribution in [3.63, 3.8) is 0 Å². The summed E-state index contributed by atoms with van der Waals surface area (Å²) < 4.78 is 15.0. The summed E-state index contributed by atoms with van der Waals surface area (Å²) in [5, 5.41) is 13.7. The minimum absolute atomic E-state index is 0.0861. The number of hydrogen-bond donors (Lipinski definition) is 1. The second-order valence-electron chi connectivity index (χ2n) is 3.96. The normalized spacial score (nSPS) is 12.2. The smallest absolute Gasteiger partial charge is 0.237 e. The number of thioether (sulfide) groups is 1. The number of aromatic nitrogens is 4. The molecule has 9 heteroatoms. The molecule has 1 atom stereocenters. The maximum atomic E-state index is 13.6. The lowest BCUT2D eigenvalue weighted by molar-refractivity contribution is -0.115. The van der Waals surface area contributed by atoms with Crippen molar-refractivity contribution in [2.75, 3.05) is 5.32 Å². The summed E-state index contributed by atoms with van der Waals surface area (Å²) in [6.07, 6.45) is 0. The van der Waals surface area contributed by atoms with Crippen molar-refractivity contribution in [2.45, 2.75) is 17.3 Å². The van der Waals surface area contributed by atoms with Crippen LogP contribution < -0.4 is 5.32 Å². The van der Waals surface area contributed by atoms with Gasteiger partial charge < -0.3 is 5.32 Å². The van der Waals surface area contributed by atoms with Gasteiger partial charge in [0.2, 0.25) is 11.1 Å². The zero-order chi connectivity index (χ0) is 14.7. The Hall–Kier alpha value is -1.67. The second kappa shape index (κ2) is 6.19. The van der Waals surface area contributed by atoms with Gasteiger partial charge in [0.05, 0.1) is 10.9 Å². The van der Waals surface area contributed by atoms with E-state index in [1.807, 2.05) is 0 Å². The first kappa shape index (κ1) is 14.7. The fourth-order valence-corrected chi connectivity index (χ4v) is 2.27. The Labute approximate surface area is 123 Å². The molecule has 20 heavy (non-hydrogen) atoms. The predicted octanol–water partition coefficient (Wildman–Crippen LogP) is 2.12. The maximum absolute atomic E-state index is 13.6. The van der Waals surface area contributed by atoms with Crippen LogP contribution in [-0.4, -0.2) is 31.4 Å². The summed E-state index contributed by atoms with van der Waals surface area (Å²) in [6, 6.07) is 4.06. The number of benzene rings is 1. The highest BCUT2D eigenvalue weighted by atomic mass is 35.5. The van der Waals surface area contributed by atoms with Crippen molar-refractivity contribution in [3.05, 3.63) is 29.0 Å². The van der Waals surface area contributed by atoms with Gasteiger partial charge in [0.15, 0.2) is 0 Å². The molecule has 0 saturated heterocycles.